The highest BCUT2D eigenvalue weighted by Gasteiger charge is 2.18. The summed E-state index contributed by atoms with van der Waals surface area (Å²) in [5.41, 5.74) is -0.0885. The van der Waals surface area contributed by atoms with Gasteiger partial charge in [0.2, 0.25) is 10.0 Å². The quantitative estimate of drug-likeness (QED) is 0.720. The van der Waals surface area contributed by atoms with Crippen LogP contribution in [0.4, 0.5) is 0 Å². The number of nitrogens with zero attached hydrogens (tertiary/aromatic N) is 2. The summed E-state index contributed by atoms with van der Waals surface area (Å²) in [5.74, 6) is 0. The molecule has 19 heavy (non-hydrogen) atoms. The number of nitrogens with one attached hydrogen (secondary N) is 1. The van der Waals surface area contributed by atoms with Crippen LogP contribution in [-0.4, -0.2) is 33.7 Å². The lowest BCUT2D eigenvalue weighted by Crippen LogP contribution is -2.25. The van der Waals surface area contributed by atoms with Crippen LogP contribution in [0.1, 0.15) is 25.0 Å². The van der Waals surface area contributed by atoms with E-state index in [1.54, 1.807) is 13.2 Å². The largest absolute Gasteiger partial charge is 0.385 e. The SMILES string of the molecule is COCCCCCNS(=O)(=O)c1cccnc1C#N. The topological polar surface area (TPSA) is 92.1 Å². The molecule has 1 aromatic rings. The van der Waals surface area contributed by atoms with Crippen molar-refractivity contribution in [3.8, 4) is 6.07 Å². The summed E-state index contributed by atoms with van der Waals surface area (Å²) in [6.07, 6.45) is 3.90. The number of methoxy groups -OCH3 is 1. The zero-order chi connectivity index (χ0) is 14.1. The third-order valence-electron chi connectivity index (χ3n) is 2.48. The number of aromatic nitrogens is 1. The highest BCUT2D eigenvalue weighted by molar-refractivity contribution is 7.89. The van der Waals surface area contributed by atoms with Crippen LogP contribution in [0.15, 0.2) is 23.2 Å². The normalized spacial score (nSPS) is 11.2. The van der Waals surface area contributed by atoms with Crippen LogP contribution in [0.5, 0.6) is 0 Å². The molecule has 1 aromatic heterocycles. The average Bonchev–Trinajstić information content (AvgIpc) is 2.42. The lowest BCUT2D eigenvalue weighted by Gasteiger charge is -2.07. The van der Waals surface area contributed by atoms with Crippen LogP contribution in [0.25, 0.3) is 0 Å². The lowest BCUT2D eigenvalue weighted by molar-refractivity contribution is 0.192. The van der Waals surface area contributed by atoms with Crippen molar-refractivity contribution < 1.29 is 13.2 Å². The van der Waals surface area contributed by atoms with E-state index in [-0.39, 0.29) is 10.6 Å². The fourth-order valence-electron chi connectivity index (χ4n) is 1.52. The number of hydrogen-bond donors (Lipinski definition) is 1. The van der Waals surface area contributed by atoms with E-state index in [1.807, 2.05) is 0 Å². The van der Waals surface area contributed by atoms with Gasteiger partial charge in [-0.3, -0.25) is 0 Å². The van der Waals surface area contributed by atoms with Crippen molar-refractivity contribution in [1.29, 1.82) is 5.26 Å². The Morgan fingerprint density at radius 3 is 2.89 bits per heavy atom. The van der Waals surface area contributed by atoms with Gasteiger partial charge >= 0.3 is 0 Å². The second-order valence-electron chi connectivity index (χ2n) is 3.91. The van der Waals surface area contributed by atoms with Crippen molar-refractivity contribution in [2.24, 2.45) is 0 Å². The predicted molar refractivity (Wildman–Crippen MR) is 69.9 cm³/mol. The van der Waals surface area contributed by atoms with Crippen molar-refractivity contribution >= 4 is 10.0 Å². The molecule has 0 aliphatic heterocycles. The molecule has 0 atom stereocenters. The lowest BCUT2D eigenvalue weighted by atomic mass is 10.2. The molecule has 0 fully saturated rings. The van der Waals surface area contributed by atoms with Gasteiger partial charge in [-0.1, -0.05) is 0 Å². The van der Waals surface area contributed by atoms with E-state index in [4.69, 9.17) is 10.00 Å². The molecule has 0 aliphatic rings. The summed E-state index contributed by atoms with van der Waals surface area (Å²) in [6, 6.07) is 4.64. The summed E-state index contributed by atoms with van der Waals surface area (Å²) >= 11 is 0. The van der Waals surface area contributed by atoms with Crippen molar-refractivity contribution in [3.05, 3.63) is 24.0 Å². The van der Waals surface area contributed by atoms with Crippen LogP contribution in [0, 0.1) is 11.3 Å². The number of nitriles is 1. The average molecular weight is 283 g/mol. The Hall–Kier alpha value is -1.49. The molecule has 104 valence electrons. The molecule has 0 unspecified atom stereocenters. The highest BCUT2D eigenvalue weighted by Crippen LogP contribution is 2.11. The number of rotatable bonds is 8. The van der Waals surface area contributed by atoms with Gasteiger partial charge in [-0.05, 0) is 31.4 Å². The minimum atomic E-state index is -3.66. The molecule has 1 N–H and O–H groups in total. The minimum Gasteiger partial charge on any atom is -0.385 e. The van der Waals surface area contributed by atoms with Crippen molar-refractivity contribution in [2.75, 3.05) is 20.3 Å². The molecule has 0 radical (unpaired) electrons. The van der Waals surface area contributed by atoms with E-state index < -0.39 is 10.0 Å². The van der Waals surface area contributed by atoms with Crippen molar-refractivity contribution in [1.82, 2.24) is 9.71 Å². The van der Waals surface area contributed by atoms with Gasteiger partial charge in [0.25, 0.3) is 0 Å². The Morgan fingerprint density at radius 2 is 2.21 bits per heavy atom. The van der Waals surface area contributed by atoms with Crippen molar-refractivity contribution in [2.45, 2.75) is 24.2 Å². The Balaban J connectivity index is 2.55. The van der Waals surface area contributed by atoms with E-state index in [2.05, 4.69) is 9.71 Å². The number of sulfonamides is 1. The van der Waals surface area contributed by atoms with Crippen molar-refractivity contribution in [3.63, 3.8) is 0 Å². The standard InChI is InChI=1S/C12H17N3O3S/c1-18-9-4-2-3-8-15-19(16,17)12-6-5-7-14-11(12)10-13/h5-7,15H,2-4,8-9H2,1H3. The summed E-state index contributed by atoms with van der Waals surface area (Å²) < 4.78 is 31.3. The molecule has 0 aromatic carbocycles. The fourth-order valence-corrected chi connectivity index (χ4v) is 2.70. The molecule has 0 amide bonds. The molecular weight excluding hydrogens is 266 g/mol. The van der Waals surface area contributed by atoms with E-state index in [0.29, 0.717) is 13.2 Å². The second-order valence-corrected chi connectivity index (χ2v) is 5.65. The smallest absolute Gasteiger partial charge is 0.243 e. The molecule has 0 aliphatic carbocycles. The van der Waals surface area contributed by atoms with Crippen LogP contribution in [0.3, 0.4) is 0 Å². The molecule has 1 rings (SSSR count). The molecule has 0 bridgehead atoms. The van der Waals surface area contributed by atoms with E-state index in [9.17, 15) is 8.42 Å². The van der Waals surface area contributed by atoms with E-state index >= 15 is 0 Å². The Bertz CT molecular complexity index is 537. The predicted octanol–water partition coefficient (Wildman–Crippen LogP) is 1.05. The molecule has 0 spiro atoms. The number of ether oxygens (including phenoxy) is 1. The first-order chi connectivity index (χ1) is 9.11. The summed E-state index contributed by atoms with van der Waals surface area (Å²) in [6.45, 7) is 1.01. The van der Waals surface area contributed by atoms with Gasteiger partial charge < -0.3 is 4.74 Å². The molecule has 6 nitrogen and oxygen atoms in total. The van der Waals surface area contributed by atoms with Gasteiger partial charge in [-0.2, -0.15) is 5.26 Å². The number of pyridine rings is 1. The molecule has 0 saturated heterocycles. The monoisotopic (exact) mass is 283 g/mol. The number of unbranched alkanes of at least 4 members (excludes halogenated alkanes) is 2. The van der Waals surface area contributed by atoms with Crippen LogP contribution in [-0.2, 0) is 14.8 Å². The van der Waals surface area contributed by atoms with Gasteiger partial charge in [0, 0.05) is 26.5 Å². The maximum Gasteiger partial charge on any atom is 0.243 e. The Labute approximate surface area is 113 Å². The van der Waals surface area contributed by atoms with Crippen LogP contribution >= 0.6 is 0 Å². The first kappa shape index (κ1) is 15.6. The maximum atomic E-state index is 12.0. The third kappa shape index (κ3) is 4.95. The van der Waals surface area contributed by atoms with Gasteiger partial charge in [-0.25, -0.2) is 18.1 Å². The zero-order valence-electron chi connectivity index (χ0n) is 10.8. The maximum absolute atomic E-state index is 12.0. The third-order valence-corrected chi connectivity index (χ3v) is 3.98. The van der Waals surface area contributed by atoms with E-state index in [0.717, 1.165) is 19.3 Å². The van der Waals surface area contributed by atoms with E-state index in [1.165, 1.54) is 18.3 Å². The zero-order valence-corrected chi connectivity index (χ0v) is 11.6. The van der Waals surface area contributed by atoms with Gasteiger partial charge in [0.05, 0.1) is 0 Å². The number of hydrogen-bond acceptors (Lipinski definition) is 5. The molecular formula is C12H17N3O3S. The summed E-state index contributed by atoms with van der Waals surface area (Å²) in [5, 5.41) is 8.83. The molecule has 1 heterocycles. The molecule has 0 saturated carbocycles. The fraction of sp³-hybridized carbons (Fsp3) is 0.500. The second kappa shape index (κ2) is 7.84. The van der Waals surface area contributed by atoms with Gasteiger partial charge in [0.15, 0.2) is 5.69 Å². The first-order valence-electron chi connectivity index (χ1n) is 5.95. The Morgan fingerprint density at radius 1 is 1.42 bits per heavy atom. The summed E-state index contributed by atoms with van der Waals surface area (Å²) in [4.78, 5) is 3.66. The first-order valence-corrected chi connectivity index (χ1v) is 7.44. The Kier molecular flexibility index (Phi) is 6.42. The van der Waals surface area contributed by atoms with Gasteiger partial charge in [-0.15, -0.1) is 0 Å². The minimum absolute atomic E-state index is 0.0746. The summed E-state index contributed by atoms with van der Waals surface area (Å²) in [7, 11) is -2.03. The molecule has 7 heteroatoms. The van der Waals surface area contributed by atoms with Gasteiger partial charge in [0.1, 0.15) is 11.0 Å². The van der Waals surface area contributed by atoms with Crippen LogP contribution < -0.4 is 4.72 Å². The highest BCUT2D eigenvalue weighted by atomic mass is 32.2. The van der Waals surface area contributed by atoms with Crippen LogP contribution in [0.2, 0.25) is 0 Å².